The van der Waals surface area contributed by atoms with Crippen LogP contribution in [0.3, 0.4) is 0 Å². The summed E-state index contributed by atoms with van der Waals surface area (Å²) < 4.78 is 42.3. The van der Waals surface area contributed by atoms with E-state index in [9.17, 15) is 18.0 Å². The summed E-state index contributed by atoms with van der Waals surface area (Å²) in [7, 11) is 0. The number of hydrogen-bond donors (Lipinski definition) is 1. The summed E-state index contributed by atoms with van der Waals surface area (Å²) in [5.41, 5.74) is 2.74. The molecule has 6 nitrogen and oxygen atoms in total. The quantitative estimate of drug-likeness (QED) is 0.513. The Hall–Kier alpha value is -2.81. The summed E-state index contributed by atoms with van der Waals surface area (Å²) >= 11 is 5.93. The highest BCUT2D eigenvalue weighted by Crippen LogP contribution is 2.42. The van der Waals surface area contributed by atoms with Crippen LogP contribution in [0, 0.1) is 13.8 Å². The lowest BCUT2D eigenvalue weighted by Crippen LogP contribution is -2.17. The van der Waals surface area contributed by atoms with Gasteiger partial charge < -0.3 is 5.32 Å². The number of anilines is 1. The van der Waals surface area contributed by atoms with Crippen LogP contribution in [0.2, 0.25) is 5.02 Å². The summed E-state index contributed by atoms with van der Waals surface area (Å²) in [5.74, 6) is -0.203. The smallest absolute Gasteiger partial charge is 0.323 e. The molecular formula is C22H23ClF3N5O. The second-order valence-corrected chi connectivity index (χ2v) is 8.51. The van der Waals surface area contributed by atoms with Crippen molar-refractivity contribution in [2.24, 2.45) is 0 Å². The Labute approximate surface area is 188 Å². The number of carbonyl (C=O) groups is 1. The molecule has 32 heavy (non-hydrogen) atoms. The van der Waals surface area contributed by atoms with E-state index in [2.05, 4.69) is 15.5 Å². The first-order valence-electron chi connectivity index (χ1n) is 10.3. The van der Waals surface area contributed by atoms with Crippen LogP contribution in [-0.2, 0) is 24.1 Å². The van der Waals surface area contributed by atoms with Gasteiger partial charge in [-0.15, -0.1) is 0 Å². The topological polar surface area (TPSA) is 64.7 Å². The first-order chi connectivity index (χ1) is 15.1. The molecule has 2 aromatic heterocycles. The molecular weight excluding hydrogens is 443 g/mol. The lowest BCUT2D eigenvalue weighted by Gasteiger charge is -2.09. The molecule has 0 unspecified atom stereocenters. The fourth-order valence-corrected chi connectivity index (χ4v) is 3.79. The van der Waals surface area contributed by atoms with E-state index in [1.807, 2.05) is 19.1 Å². The summed E-state index contributed by atoms with van der Waals surface area (Å²) in [6, 6.07) is 8.54. The van der Waals surface area contributed by atoms with Crippen LogP contribution < -0.4 is 5.32 Å². The van der Waals surface area contributed by atoms with Crippen molar-refractivity contribution in [3.63, 3.8) is 0 Å². The monoisotopic (exact) mass is 465 g/mol. The third-order valence-electron chi connectivity index (χ3n) is 5.54. The maximum absolute atomic E-state index is 13.0. The number of amides is 1. The molecule has 0 saturated heterocycles. The Morgan fingerprint density at radius 1 is 1.16 bits per heavy atom. The molecule has 1 saturated carbocycles. The van der Waals surface area contributed by atoms with E-state index in [-0.39, 0.29) is 24.8 Å². The molecule has 0 radical (unpaired) electrons. The van der Waals surface area contributed by atoms with E-state index >= 15 is 0 Å². The van der Waals surface area contributed by atoms with Gasteiger partial charge in [0.25, 0.3) is 0 Å². The number of alkyl halides is 3. The van der Waals surface area contributed by atoms with Gasteiger partial charge >= 0.3 is 6.18 Å². The lowest BCUT2D eigenvalue weighted by atomic mass is 10.2. The van der Waals surface area contributed by atoms with Crippen LogP contribution in [-0.4, -0.2) is 25.5 Å². The first-order valence-corrected chi connectivity index (χ1v) is 10.7. The number of rotatable bonds is 7. The molecule has 1 amide bonds. The number of aromatic nitrogens is 4. The number of aryl methyl sites for hydroxylation is 2. The van der Waals surface area contributed by atoms with Crippen molar-refractivity contribution in [1.82, 2.24) is 19.6 Å². The third-order valence-corrected chi connectivity index (χ3v) is 5.79. The minimum absolute atomic E-state index is 0.0138. The maximum atomic E-state index is 13.0. The molecule has 170 valence electrons. The van der Waals surface area contributed by atoms with E-state index in [0.717, 1.165) is 30.2 Å². The van der Waals surface area contributed by atoms with Gasteiger partial charge in [-0.25, -0.2) is 0 Å². The summed E-state index contributed by atoms with van der Waals surface area (Å²) in [6.07, 6.45) is -2.79. The zero-order valence-corrected chi connectivity index (χ0v) is 18.5. The highest BCUT2D eigenvalue weighted by Gasteiger charge is 2.37. The van der Waals surface area contributed by atoms with Crippen LogP contribution in [0.25, 0.3) is 0 Å². The van der Waals surface area contributed by atoms with Crippen LogP contribution >= 0.6 is 11.6 Å². The SMILES string of the molecule is Cc1nn(Cc2ccc(Cl)cc2)c(C)c1NC(=O)CCn1nc(C(F)(F)F)cc1C1CC1. The van der Waals surface area contributed by atoms with E-state index in [1.54, 1.807) is 23.7 Å². The van der Waals surface area contributed by atoms with Gasteiger partial charge in [0.05, 0.1) is 23.6 Å². The van der Waals surface area contributed by atoms with E-state index in [0.29, 0.717) is 28.6 Å². The summed E-state index contributed by atoms with van der Waals surface area (Å²) in [6.45, 7) is 4.28. The molecule has 1 N–H and O–H groups in total. The number of nitrogens with one attached hydrogen (secondary N) is 1. The minimum Gasteiger partial charge on any atom is -0.323 e. The van der Waals surface area contributed by atoms with Crippen molar-refractivity contribution in [3.8, 4) is 0 Å². The molecule has 1 aliphatic rings. The molecule has 0 aliphatic heterocycles. The predicted molar refractivity (Wildman–Crippen MR) is 115 cm³/mol. The Balaban J connectivity index is 1.42. The molecule has 1 aliphatic carbocycles. The minimum atomic E-state index is -4.50. The molecule has 3 aromatic rings. The van der Waals surface area contributed by atoms with E-state index in [4.69, 9.17) is 11.6 Å². The average molecular weight is 466 g/mol. The van der Waals surface area contributed by atoms with Gasteiger partial charge in [0.2, 0.25) is 5.91 Å². The van der Waals surface area contributed by atoms with Gasteiger partial charge in [0.15, 0.2) is 5.69 Å². The van der Waals surface area contributed by atoms with Crippen molar-refractivity contribution in [3.05, 3.63) is 63.7 Å². The zero-order valence-electron chi connectivity index (χ0n) is 17.7. The van der Waals surface area contributed by atoms with Gasteiger partial charge in [-0.2, -0.15) is 23.4 Å². The molecule has 1 fully saturated rings. The number of hydrogen-bond acceptors (Lipinski definition) is 3. The Bertz CT molecular complexity index is 1130. The fraction of sp³-hybridized carbons (Fsp3) is 0.409. The molecule has 2 heterocycles. The second-order valence-electron chi connectivity index (χ2n) is 8.08. The van der Waals surface area contributed by atoms with Crippen molar-refractivity contribution in [1.29, 1.82) is 0 Å². The van der Waals surface area contributed by atoms with Crippen LogP contribution in [0.15, 0.2) is 30.3 Å². The zero-order chi connectivity index (χ0) is 23.0. The number of halogens is 4. The predicted octanol–water partition coefficient (Wildman–Crippen LogP) is 5.32. The van der Waals surface area contributed by atoms with E-state index < -0.39 is 11.9 Å². The fourth-order valence-electron chi connectivity index (χ4n) is 3.66. The van der Waals surface area contributed by atoms with Crippen LogP contribution in [0.4, 0.5) is 18.9 Å². The van der Waals surface area contributed by atoms with Gasteiger partial charge in [-0.05, 0) is 50.5 Å². The summed E-state index contributed by atoms with van der Waals surface area (Å²) in [4.78, 5) is 12.6. The third kappa shape index (κ3) is 4.98. The van der Waals surface area contributed by atoms with Crippen molar-refractivity contribution in [2.45, 2.75) is 58.3 Å². The van der Waals surface area contributed by atoms with Gasteiger partial charge in [-0.1, -0.05) is 23.7 Å². The molecule has 0 atom stereocenters. The van der Waals surface area contributed by atoms with Crippen molar-refractivity contribution in [2.75, 3.05) is 5.32 Å². The van der Waals surface area contributed by atoms with Crippen LogP contribution in [0.5, 0.6) is 0 Å². The van der Waals surface area contributed by atoms with Crippen LogP contribution in [0.1, 0.15) is 53.5 Å². The number of benzene rings is 1. The highest BCUT2D eigenvalue weighted by atomic mass is 35.5. The first kappa shape index (κ1) is 22.4. The van der Waals surface area contributed by atoms with Gasteiger partial charge in [0.1, 0.15) is 0 Å². The maximum Gasteiger partial charge on any atom is 0.435 e. The molecule has 0 spiro atoms. The molecule has 4 rings (SSSR count). The Kier molecular flexibility index (Phi) is 6.03. The molecule has 0 bridgehead atoms. The standard InChI is InChI=1S/C22H23ClF3N5O/c1-13-21(14(2)31(28-13)12-15-3-7-17(23)8-4-15)27-20(32)9-10-30-18(16-5-6-16)11-19(29-30)22(24,25)26/h3-4,7-8,11,16H,5-6,9-10,12H2,1-2H3,(H,27,32). The highest BCUT2D eigenvalue weighted by molar-refractivity contribution is 6.30. The van der Waals surface area contributed by atoms with Crippen molar-refractivity contribution >= 4 is 23.2 Å². The summed E-state index contributed by atoms with van der Waals surface area (Å²) in [5, 5.41) is 11.7. The Morgan fingerprint density at radius 3 is 2.47 bits per heavy atom. The molecule has 1 aromatic carbocycles. The van der Waals surface area contributed by atoms with Gasteiger partial charge in [0, 0.05) is 29.6 Å². The average Bonchev–Trinajstić information content (AvgIpc) is 3.42. The number of carbonyl (C=O) groups excluding carboxylic acids is 1. The number of nitrogens with zero attached hydrogens (tertiary/aromatic N) is 4. The normalized spacial score (nSPS) is 14.1. The largest absolute Gasteiger partial charge is 0.435 e. The van der Waals surface area contributed by atoms with Crippen molar-refractivity contribution < 1.29 is 18.0 Å². The van der Waals surface area contributed by atoms with E-state index in [1.165, 1.54) is 4.68 Å². The Morgan fingerprint density at radius 2 is 1.84 bits per heavy atom. The second kappa shape index (κ2) is 8.61. The lowest BCUT2D eigenvalue weighted by molar-refractivity contribution is -0.141. The molecule has 10 heteroatoms. The van der Waals surface area contributed by atoms with Gasteiger partial charge in [-0.3, -0.25) is 14.2 Å².